The fourth-order valence-corrected chi connectivity index (χ4v) is 3.02. The van der Waals surface area contributed by atoms with Crippen LogP contribution in [0.2, 0.25) is 0 Å². The van der Waals surface area contributed by atoms with Crippen LogP contribution in [0.15, 0.2) is 36.5 Å². The first kappa shape index (κ1) is 12.4. The summed E-state index contributed by atoms with van der Waals surface area (Å²) in [5, 5.41) is 7.77. The predicted octanol–water partition coefficient (Wildman–Crippen LogP) is 2.63. The second kappa shape index (κ2) is 5.57. The van der Waals surface area contributed by atoms with Gasteiger partial charge in [-0.15, -0.1) is 0 Å². The summed E-state index contributed by atoms with van der Waals surface area (Å²) in [4.78, 5) is 0. The Morgan fingerprint density at radius 3 is 3.05 bits per heavy atom. The molecule has 0 radical (unpaired) electrons. The van der Waals surface area contributed by atoms with Gasteiger partial charge < -0.3 is 5.32 Å². The molecule has 3 nitrogen and oxygen atoms in total. The lowest BCUT2D eigenvalue weighted by Gasteiger charge is -2.25. The SMILES string of the molecule is Cn1nccc1CNCC1CCCc2ccccc21. The van der Waals surface area contributed by atoms with Crippen molar-refractivity contribution in [2.75, 3.05) is 6.54 Å². The zero-order valence-electron chi connectivity index (χ0n) is 11.5. The second-order valence-electron chi connectivity index (χ2n) is 5.37. The van der Waals surface area contributed by atoms with E-state index in [1.165, 1.54) is 25.0 Å². The van der Waals surface area contributed by atoms with Crippen LogP contribution in [0.25, 0.3) is 0 Å². The minimum atomic E-state index is 0.665. The van der Waals surface area contributed by atoms with E-state index in [0.29, 0.717) is 5.92 Å². The summed E-state index contributed by atoms with van der Waals surface area (Å²) in [6.45, 7) is 1.96. The second-order valence-corrected chi connectivity index (χ2v) is 5.37. The molecule has 1 aliphatic carbocycles. The summed E-state index contributed by atoms with van der Waals surface area (Å²) in [5.74, 6) is 0.665. The Kier molecular flexibility index (Phi) is 3.65. The normalized spacial score (nSPS) is 18.3. The van der Waals surface area contributed by atoms with Gasteiger partial charge in [-0.25, -0.2) is 0 Å². The Hall–Kier alpha value is -1.61. The van der Waals surface area contributed by atoms with E-state index in [9.17, 15) is 0 Å². The zero-order chi connectivity index (χ0) is 13.1. The smallest absolute Gasteiger partial charge is 0.0518 e. The molecule has 0 fully saturated rings. The van der Waals surface area contributed by atoms with Gasteiger partial charge in [-0.1, -0.05) is 24.3 Å². The molecule has 0 spiro atoms. The monoisotopic (exact) mass is 255 g/mol. The van der Waals surface area contributed by atoms with Gasteiger partial charge >= 0.3 is 0 Å². The summed E-state index contributed by atoms with van der Waals surface area (Å²) in [6, 6.07) is 11.0. The number of benzene rings is 1. The average molecular weight is 255 g/mol. The zero-order valence-corrected chi connectivity index (χ0v) is 11.5. The van der Waals surface area contributed by atoms with E-state index in [0.717, 1.165) is 13.1 Å². The molecule has 100 valence electrons. The highest BCUT2D eigenvalue weighted by atomic mass is 15.3. The molecule has 1 atom stereocenters. The van der Waals surface area contributed by atoms with Crippen LogP contribution in [0.4, 0.5) is 0 Å². The van der Waals surface area contributed by atoms with Gasteiger partial charge in [0.1, 0.15) is 0 Å². The van der Waals surface area contributed by atoms with E-state index >= 15 is 0 Å². The van der Waals surface area contributed by atoms with Crippen LogP contribution in [0.3, 0.4) is 0 Å². The van der Waals surface area contributed by atoms with Crippen molar-refractivity contribution in [1.29, 1.82) is 0 Å². The van der Waals surface area contributed by atoms with E-state index in [2.05, 4.69) is 40.7 Å². The molecule has 0 bridgehead atoms. The molecule has 0 aliphatic heterocycles. The van der Waals surface area contributed by atoms with E-state index < -0.39 is 0 Å². The molecule has 1 heterocycles. The summed E-state index contributed by atoms with van der Waals surface area (Å²) < 4.78 is 1.93. The summed E-state index contributed by atoms with van der Waals surface area (Å²) in [7, 11) is 1.99. The third kappa shape index (κ3) is 2.71. The summed E-state index contributed by atoms with van der Waals surface area (Å²) in [6.07, 6.45) is 5.71. The van der Waals surface area contributed by atoms with Crippen molar-refractivity contribution >= 4 is 0 Å². The highest BCUT2D eigenvalue weighted by molar-refractivity contribution is 5.32. The Bertz CT molecular complexity index is 544. The number of nitrogens with one attached hydrogen (secondary N) is 1. The summed E-state index contributed by atoms with van der Waals surface area (Å²) in [5.41, 5.74) is 4.33. The molecular formula is C16H21N3. The molecule has 3 rings (SSSR count). The first-order valence-electron chi connectivity index (χ1n) is 7.10. The van der Waals surface area contributed by atoms with Crippen LogP contribution in [-0.2, 0) is 20.0 Å². The predicted molar refractivity (Wildman–Crippen MR) is 77.0 cm³/mol. The topological polar surface area (TPSA) is 29.9 Å². The number of aromatic nitrogens is 2. The fourth-order valence-electron chi connectivity index (χ4n) is 3.02. The Morgan fingerprint density at radius 1 is 1.32 bits per heavy atom. The third-order valence-corrected chi connectivity index (χ3v) is 4.11. The first-order chi connectivity index (χ1) is 9.34. The third-order valence-electron chi connectivity index (χ3n) is 4.11. The van der Waals surface area contributed by atoms with Crippen molar-refractivity contribution in [3.05, 3.63) is 53.3 Å². The number of hydrogen-bond acceptors (Lipinski definition) is 2. The quantitative estimate of drug-likeness (QED) is 0.910. The molecular weight excluding hydrogens is 234 g/mol. The molecule has 1 N–H and O–H groups in total. The number of hydrogen-bond donors (Lipinski definition) is 1. The van der Waals surface area contributed by atoms with Crippen LogP contribution in [0, 0.1) is 0 Å². The summed E-state index contributed by atoms with van der Waals surface area (Å²) >= 11 is 0. The van der Waals surface area contributed by atoms with Gasteiger partial charge in [0, 0.05) is 26.3 Å². The van der Waals surface area contributed by atoms with E-state index in [4.69, 9.17) is 0 Å². The molecule has 1 aliphatic rings. The Labute approximate surface area is 114 Å². The highest BCUT2D eigenvalue weighted by Crippen LogP contribution is 2.30. The molecule has 0 amide bonds. The van der Waals surface area contributed by atoms with Crippen LogP contribution in [0.1, 0.15) is 35.6 Å². The van der Waals surface area contributed by atoms with Gasteiger partial charge in [0.2, 0.25) is 0 Å². The lowest BCUT2D eigenvalue weighted by molar-refractivity contribution is 0.500. The van der Waals surface area contributed by atoms with Crippen molar-refractivity contribution in [2.45, 2.75) is 31.7 Å². The molecule has 0 saturated heterocycles. The van der Waals surface area contributed by atoms with Crippen molar-refractivity contribution < 1.29 is 0 Å². The lowest BCUT2D eigenvalue weighted by Crippen LogP contribution is -2.25. The van der Waals surface area contributed by atoms with Crippen LogP contribution in [-0.4, -0.2) is 16.3 Å². The maximum absolute atomic E-state index is 4.19. The highest BCUT2D eigenvalue weighted by Gasteiger charge is 2.19. The average Bonchev–Trinajstić information content (AvgIpc) is 2.85. The van der Waals surface area contributed by atoms with Crippen molar-refractivity contribution in [3.8, 4) is 0 Å². The van der Waals surface area contributed by atoms with Gasteiger partial charge in [0.05, 0.1) is 5.69 Å². The molecule has 19 heavy (non-hydrogen) atoms. The molecule has 2 aromatic rings. The maximum Gasteiger partial charge on any atom is 0.0518 e. The lowest BCUT2D eigenvalue weighted by atomic mass is 9.83. The van der Waals surface area contributed by atoms with Crippen LogP contribution in [0.5, 0.6) is 0 Å². The standard InChI is InChI=1S/C16H21N3/c1-19-15(9-10-18-19)12-17-11-14-7-4-6-13-5-2-3-8-16(13)14/h2-3,5,8-10,14,17H,4,6-7,11-12H2,1H3. The van der Waals surface area contributed by atoms with E-state index in [-0.39, 0.29) is 0 Å². The number of nitrogens with zero attached hydrogens (tertiary/aromatic N) is 2. The Morgan fingerprint density at radius 2 is 2.21 bits per heavy atom. The van der Waals surface area contributed by atoms with Gasteiger partial charge in [-0.05, 0) is 42.4 Å². The molecule has 0 saturated carbocycles. The van der Waals surface area contributed by atoms with Gasteiger partial charge in [0.15, 0.2) is 0 Å². The van der Waals surface area contributed by atoms with Crippen LogP contribution >= 0.6 is 0 Å². The van der Waals surface area contributed by atoms with E-state index in [1.54, 1.807) is 11.1 Å². The van der Waals surface area contributed by atoms with Crippen molar-refractivity contribution in [1.82, 2.24) is 15.1 Å². The number of rotatable bonds is 4. The van der Waals surface area contributed by atoms with Gasteiger partial charge in [0.25, 0.3) is 0 Å². The Balaban J connectivity index is 1.61. The minimum Gasteiger partial charge on any atom is -0.311 e. The largest absolute Gasteiger partial charge is 0.311 e. The molecule has 3 heteroatoms. The van der Waals surface area contributed by atoms with Crippen LogP contribution < -0.4 is 5.32 Å². The number of fused-ring (bicyclic) bond motifs is 1. The van der Waals surface area contributed by atoms with E-state index in [1.807, 2.05) is 17.9 Å². The van der Waals surface area contributed by atoms with Crippen molar-refractivity contribution in [2.24, 2.45) is 7.05 Å². The van der Waals surface area contributed by atoms with Gasteiger partial charge in [-0.2, -0.15) is 5.10 Å². The number of aryl methyl sites for hydroxylation is 2. The molecule has 1 aromatic carbocycles. The first-order valence-corrected chi connectivity index (χ1v) is 7.10. The molecule has 1 aromatic heterocycles. The van der Waals surface area contributed by atoms with Crippen molar-refractivity contribution in [3.63, 3.8) is 0 Å². The maximum atomic E-state index is 4.19. The fraction of sp³-hybridized carbons (Fsp3) is 0.438. The van der Waals surface area contributed by atoms with Gasteiger partial charge in [-0.3, -0.25) is 4.68 Å². The minimum absolute atomic E-state index is 0.665. The molecule has 1 unspecified atom stereocenters.